The predicted molar refractivity (Wildman–Crippen MR) is 103 cm³/mol. The fourth-order valence-corrected chi connectivity index (χ4v) is 4.11. The molecule has 0 unspecified atom stereocenters. The maximum atomic E-state index is 13.7. The molecule has 0 saturated heterocycles. The van der Waals surface area contributed by atoms with Gasteiger partial charge in [-0.2, -0.15) is 4.98 Å². The first-order valence-corrected chi connectivity index (χ1v) is 10.2. The second-order valence-electron chi connectivity index (χ2n) is 5.79. The summed E-state index contributed by atoms with van der Waals surface area (Å²) in [6, 6.07) is 8.92. The fraction of sp³-hybridized carbons (Fsp3) is 0.222. The molecule has 0 spiro atoms. The summed E-state index contributed by atoms with van der Waals surface area (Å²) in [6.07, 6.45) is 0. The maximum absolute atomic E-state index is 13.7. The normalized spacial score (nSPS) is 11.2. The summed E-state index contributed by atoms with van der Waals surface area (Å²) in [6.45, 7) is 4.54. The van der Waals surface area contributed by atoms with E-state index in [4.69, 9.17) is 4.52 Å². The van der Waals surface area contributed by atoms with Gasteiger partial charge in [-0.25, -0.2) is 4.39 Å². The molecule has 0 radical (unpaired) electrons. The van der Waals surface area contributed by atoms with Gasteiger partial charge in [0, 0.05) is 12.1 Å². The van der Waals surface area contributed by atoms with Crippen LogP contribution in [0.3, 0.4) is 0 Å². The Morgan fingerprint density at radius 3 is 2.89 bits per heavy atom. The van der Waals surface area contributed by atoms with Crippen molar-refractivity contribution in [1.82, 2.24) is 24.9 Å². The van der Waals surface area contributed by atoms with E-state index in [2.05, 4.69) is 31.8 Å². The Kier molecular flexibility index (Phi) is 5.04. The van der Waals surface area contributed by atoms with Crippen LogP contribution in [-0.4, -0.2) is 24.9 Å². The van der Waals surface area contributed by atoms with Crippen molar-refractivity contribution in [3.05, 3.63) is 53.0 Å². The van der Waals surface area contributed by atoms with Crippen LogP contribution in [0.15, 0.2) is 45.4 Å². The minimum Gasteiger partial charge on any atom is -0.338 e. The van der Waals surface area contributed by atoms with E-state index in [0.717, 1.165) is 22.4 Å². The number of rotatable bonds is 6. The van der Waals surface area contributed by atoms with Crippen LogP contribution in [0.25, 0.3) is 22.1 Å². The van der Waals surface area contributed by atoms with Crippen molar-refractivity contribution < 1.29 is 8.91 Å². The SMILES string of the molecule is CCn1c(SCc2nc(-c3ccc(C)c(F)c3)no2)nnc1-c1cccs1. The van der Waals surface area contributed by atoms with E-state index in [1.807, 2.05) is 17.5 Å². The number of aryl methyl sites for hydroxylation is 1. The smallest absolute Gasteiger partial charge is 0.237 e. The largest absolute Gasteiger partial charge is 0.338 e. The van der Waals surface area contributed by atoms with E-state index in [9.17, 15) is 4.39 Å². The molecule has 0 N–H and O–H groups in total. The lowest BCUT2D eigenvalue weighted by Crippen LogP contribution is -1.99. The molecule has 0 amide bonds. The lowest BCUT2D eigenvalue weighted by Gasteiger charge is -2.04. The topological polar surface area (TPSA) is 69.6 Å². The van der Waals surface area contributed by atoms with Crippen molar-refractivity contribution in [1.29, 1.82) is 0 Å². The third-order valence-electron chi connectivity index (χ3n) is 4.00. The Labute approximate surface area is 163 Å². The number of thiophene rings is 1. The number of nitrogens with zero attached hydrogens (tertiary/aromatic N) is 5. The summed E-state index contributed by atoms with van der Waals surface area (Å²) < 4.78 is 21.1. The molecule has 0 aliphatic rings. The van der Waals surface area contributed by atoms with Crippen LogP contribution in [-0.2, 0) is 12.3 Å². The lowest BCUT2D eigenvalue weighted by atomic mass is 10.1. The van der Waals surface area contributed by atoms with Crippen molar-refractivity contribution in [2.75, 3.05) is 0 Å². The van der Waals surface area contributed by atoms with Gasteiger partial charge in [0.15, 0.2) is 11.0 Å². The predicted octanol–water partition coefficient (Wildman–Crippen LogP) is 4.82. The molecule has 1 aromatic carbocycles. The molecule has 3 aromatic heterocycles. The quantitative estimate of drug-likeness (QED) is 0.432. The van der Waals surface area contributed by atoms with Crippen LogP contribution in [0.2, 0.25) is 0 Å². The third-order valence-corrected chi connectivity index (χ3v) is 5.81. The van der Waals surface area contributed by atoms with E-state index < -0.39 is 0 Å². The lowest BCUT2D eigenvalue weighted by molar-refractivity contribution is 0.391. The van der Waals surface area contributed by atoms with Gasteiger partial charge in [-0.15, -0.1) is 21.5 Å². The molecule has 0 aliphatic carbocycles. The van der Waals surface area contributed by atoms with E-state index in [-0.39, 0.29) is 5.82 Å². The van der Waals surface area contributed by atoms with E-state index in [1.54, 1.807) is 30.4 Å². The molecule has 0 fully saturated rings. The molecule has 0 saturated carbocycles. The average Bonchev–Trinajstić information content (AvgIpc) is 3.42. The zero-order chi connectivity index (χ0) is 18.8. The van der Waals surface area contributed by atoms with Crippen molar-refractivity contribution >= 4 is 23.1 Å². The number of hydrogen-bond donors (Lipinski definition) is 0. The van der Waals surface area contributed by atoms with Gasteiger partial charge in [0.25, 0.3) is 0 Å². The molecule has 9 heteroatoms. The fourth-order valence-electron chi connectivity index (χ4n) is 2.56. The highest BCUT2D eigenvalue weighted by Gasteiger charge is 2.16. The molecule has 138 valence electrons. The Hall–Kier alpha value is -2.52. The summed E-state index contributed by atoms with van der Waals surface area (Å²) in [7, 11) is 0. The zero-order valence-electron chi connectivity index (χ0n) is 14.7. The summed E-state index contributed by atoms with van der Waals surface area (Å²) in [5.41, 5.74) is 1.17. The monoisotopic (exact) mass is 401 g/mol. The highest BCUT2D eigenvalue weighted by molar-refractivity contribution is 7.98. The Morgan fingerprint density at radius 1 is 1.26 bits per heavy atom. The molecule has 0 aliphatic heterocycles. The molecule has 4 aromatic rings. The molecule has 3 heterocycles. The Morgan fingerprint density at radius 2 is 2.15 bits per heavy atom. The highest BCUT2D eigenvalue weighted by atomic mass is 32.2. The number of thioether (sulfide) groups is 1. The van der Waals surface area contributed by atoms with Crippen LogP contribution in [0.5, 0.6) is 0 Å². The molecule has 0 bridgehead atoms. The second kappa shape index (κ2) is 7.61. The number of aromatic nitrogens is 5. The third kappa shape index (κ3) is 3.65. The van der Waals surface area contributed by atoms with Gasteiger partial charge in [-0.05, 0) is 36.9 Å². The first kappa shape index (κ1) is 17.9. The van der Waals surface area contributed by atoms with Crippen LogP contribution in [0.1, 0.15) is 18.4 Å². The molecule has 6 nitrogen and oxygen atoms in total. The van der Waals surface area contributed by atoms with Gasteiger partial charge in [0.05, 0.1) is 10.6 Å². The Bertz CT molecular complexity index is 1060. The molecular formula is C18H16FN5OS2. The van der Waals surface area contributed by atoms with Crippen LogP contribution in [0.4, 0.5) is 4.39 Å². The summed E-state index contributed by atoms with van der Waals surface area (Å²) in [5, 5.41) is 15.4. The van der Waals surface area contributed by atoms with Gasteiger partial charge in [0.2, 0.25) is 11.7 Å². The van der Waals surface area contributed by atoms with Gasteiger partial charge in [-0.1, -0.05) is 35.1 Å². The van der Waals surface area contributed by atoms with Gasteiger partial charge in [-0.3, -0.25) is 0 Å². The first-order chi connectivity index (χ1) is 13.2. The van der Waals surface area contributed by atoms with Gasteiger partial charge < -0.3 is 9.09 Å². The molecule has 0 atom stereocenters. The zero-order valence-corrected chi connectivity index (χ0v) is 16.4. The van der Waals surface area contributed by atoms with Crippen LogP contribution in [0, 0.1) is 12.7 Å². The average molecular weight is 401 g/mol. The number of hydrogen-bond acceptors (Lipinski definition) is 7. The first-order valence-electron chi connectivity index (χ1n) is 8.34. The summed E-state index contributed by atoms with van der Waals surface area (Å²) >= 11 is 3.11. The summed E-state index contributed by atoms with van der Waals surface area (Å²) in [5.74, 6) is 1.87. The summed E-state index contributed by atoms with van der Waals surface area (Å²) in [4.78, 5) is 5.44. The minimum absolute atomic E-state index is 0.287. The standard InChI is InChI=1S/C18H16FN5OS2/c1-3-24-17(14-5-4-8-26-14)21-22-18(24)27-10-15-20-16(23-25-15)12-7-6-11(2)13(19)9-12/h4-9H,3,10H2,1-2H3. The van der Waals surface area contributed by atoms with E-state index in [0.29, 0.717) is 28.6 Å². The van der Waals surface area contributed by atoms with Crippen molar-refractivity contribution in [3.8, 4) is 22.1 Å². The maximum Gasteiger partial charge on any atom is 0.237 e. The van der Waals surface area contributed by atoms with E-state index >= 15 is 0 Å². The van der Waals surface area contributed by atoms with Crippen LogP contribution >= 0.6 is 23.1 Å². The number of benzene rings is 1. The van der Waals surface area contributed by atoms with Crippen molar-refractivity contribution in [2.45, 2.75) is 31.3 Å². The van der Waals surface area contributed by atoms with Crippen molar-refractivity contribution in [2.24, 2.45) is 0 Å². The minimum atomic E-state index is -0.287. The molecule has 27 heavy (non-hydrogen) atoms. The van der Waals surface area contributed by atoms with Gasteiger partial charge >= 0.3 is 0 Å². The van der Waals surface area contributed by atoms with Crippen molar-refractivity contribution in [3.63, 3.8) is 0 Å². The molecule has 4 rings (SSSR count). The molecular weight excluding hydrogens is 385 g/mol. The highest BCUT2D eigenvalue weighted by Crippen LogP contribution is 2.29. The van der Waals surface area contributed by atoms with E-state index in [1.165, 1.54) is 17.8 Å². The Balaban J connectivity index is 1.50. The number of halogens is 1. The van der Waals surface area contributed by atoms with Gasteiger partial charge in [0.1, 0.15) is 5.82 Å². The van der Waals surface area contributed by atoms with Crippen LogP contribution < -0.4 is 0 Å². The second-order valence-corrected chi connectivity index (χ2v) is 7.68.